The van der Waals surface area contributed by atoms with Gasteiger partial charge in [0, 0.05) is 29.8 Å². The number of nitrogens with zero attached hydrogens (tertiary/aromatic N) is 3. The highest BCUT2D eigenvalue weighted by Crippen LogP contribution is 2.23. The molecule has 11 heteroatoms. The van der Waals surface area contributed by atoms with Crippen molar-refractivity contribution in [3.8, 4) is 5.69 Å². The Kier molecular flexibility index (Phi) is 5.29. The average Bonchev–Trinajstić information content (AvgIpc) is 3.47. The molecule has 0 unspecified atom stereocenters. The van der Waals surface area contributed by atoms with Crippen molar-refractivity contribution in [3.05, 3.63) is 76.0 Å². The van der Waals surface area contributed by atoms with Crippen LogP contribution in [0.1, 0.15) is 28.9 Å². The zero-order valence-electron chi connectivity index (χ0n) is 16.5. The molecule has 1 fully saturated rings. The summed E-state index contributed by atoms with van der Waals surface area (Å²) in [5, 5.41) is 17.9. The monoisotopic (exact) mass is 441 g/mol. The van der Waals surface area contributed by atoms with E-state index >= 15 is 0 Å². The number of rotatable bonds is 7. The Balaban J connectivity index is 1.58. The van der Waals surface area contributed by atoms with Crippen LogP contribution in [0.4, 0.5) is 11.5 Å². The molecule has 160 valence electrons. The van der Waals surface area contributed by atoms with Crippen molar-refractivity contribution in [2.75, 3.05) is 5.32 Å². The summed E-state index contributed by atoms with van der Waals surface area (Å²) in [7, 11) is -3.69. The number of nitro benzene ring substituents is 1. The lowest BCUT2D eigenvalue weighted by atomic mass is 10.2. The first-order valence-corrected chi connectivity index (χ1v) is 11.0. The predicted octanol–water partition coefficient (Wildman–Crippen LogP) is 2.78. The van der Waals surface area contributed by atoms with E-state index in [-0.39, 0.29) is 22.2 Å². The molecule has 1 aliphatic carbocycles. The van der Waals surface area contributed by atoms with Gasteiger partial charge in [0.1, 0.15) is 5.82 Å². The molecule has 0 atom stereocenters. The van der Waals surface area contributed by atoms with Crippen LogP contribution in [0.5, 0.6) is 0 Å². The van der Waals surface area contributed by atoms with Gasteiger partial charge >= 0.3 is 0 Å². The van der Waals surface area contributed by atoms with E-state index in [0.29, 0.717) is 17.2 Å². The fourth-order valence-electron chi connectivity index (χ4n) is 2.98. The maximum absolute atomic E-state index is 12.8. The number of carbonyl (C=O) groups excluding carboxylic acids is 1. The van der Waals surface area contributed by atoms with Gasteiger partial charge in [0.15, 0.2) is 0 Å². The molecule has 10 nitrogen and oxygen atoms in total. The fraction of sp³-hybridized carbons (Fsp3) is 0.200. The standard InChI is InChI=1S/C20H19N5O5S/c1-13-11-19(24(22-13)16-7-9-17(10-8-16)25(27)28)21-20(26)14-3-2-4-18(12-14)31(29,30)23-15-5-6-15/h2-4,7-12,15,23H,5-6H2,1H3,(H,21,26). The number of benzene rings is 2. The third-order valence-corrected chi connectivity index (χ3v) is 6.20. The summed E-state index contributed by atoms with van der Waals surface area (Å²) in [5.41, 5.74) is 1.27. The van der Waals surface area contributed by atoms with E-state index in [1.807, 2.05) is 0 Å². The lowest BCUT2D eigenvalue weighted by molar-refractivity contribution is -0.384. The molecular formula is C20H19N5O5S. The molecule has 1 heterocycles. The summed E-state index contributed by atoms with van der Waals surface area (Å²) in [6.45, 7) is 1.74. The molecule has 4 rings (SSSR count). The van der Waals surface area contributed by atoms with Crippen molar-refractivity contribution in [2.24, 2.45) is 0 Å². The number of nitro groups is 1. The van der Waals surface area contributed by atoms with Gasteiger partial charge in [-0.05, 0) is 50.1 Å². The summed E-state index contributed by atoms with van der Waals surface area (Å²) >= 11 is 0. The summed E-state index contributed by atoms with van der Waals surface area (Å²) < 4.78 is 28.9. The normalized spacial score (nSPS) is 13.7. The third kappa shape index (κ3) is 4.62. The Labute approximate surface area is 178 Å². The topological polar surface area (TPSA) is 136 Å². The number of nitrogens with one attached hydrogen (secondary N) is 2. The average molecular weight is 441 g/mol. The molecule has 0 aliphatic heterocycles. The Bertz CT molecular complexity index is 1260. The minimum atomic E-state index is -3.69. The van der Waals surface area contributed by atoms with Gasteiger partial charge in [-0.2, -0.15) is 5.10 Å². The van der Waals surface area contributed by atoms with Crippen LogP contribution < -0.4 is 10.0 Å². The maximum Gasteiger partial charge on any atom is 0.269 e. The van der Waals surface area contributed by atoms with Crippen LogP contribution in [-0.2, 0) is 10.0 Å². The minimum absolute atomic E-state index is 0.0205. The molecule has 31 heavy (non-hydrogen) atoms. The number of aromatic nitrogens is 2. The number of aryl methyl sites for hydroxylation is 1. The molecule has 1 saturated carbocycles. The minimum Gasteiger partial charge on any atom is -0.306 e. The molecule has 0 radical (unpaired) electrons. The number of non-ortho nitro benzene ring substituents is 1. The Morgan fingerprint density at radius 1 is 1.16 bits per heavy atom. The largest absolute Gasteiger partial charge is 0.306 e. The van der Waals surface area contributed by atoms with Crippen molar-refractivity contribution >= 4 is 27.4 Å². The van der Waals surface area contributed by atoms with Crippen LogP contribution in [0.25, 0.3) is 5.69 Å². The second kappa shape index (κ2) is 7.93. The Hall–Kier alpha value is -3.57. The fourth-order valence-corrected chi connectivity index (χ4v) is 4.33. The second-order valence-electron chi connectivity index (χ2n) is 7.23. The lowest BCUT2D eigenvalue weighted by Crippen LogP contribution is -2.26. The molecule has 2 aromatic carbocycles. The highest BCUT2D eigenvalue weighted by molar-refractivity contribution is 7.89. The van der Waals surface area contributed by atoms with Crippen LogP contribution in [0.3, 0.4) is 0 Å². The van der Waals surface area contributed by atoms with E-state index in [1.54, 1.807) is 13.0 Å². The van der Waals surface area contributed by atoms with E-state index in [9.17, 15) is 23.3 Å². The number of hydrogen-bond donors (Lipinski definition) is 2. The van der Waals surface area contributed by atoms with E-state index in [1.165, 1.54) is 53.2 Å². The number of hydrogen-bond acceptors (Lipinski definition) is 6. The summed E-state index contributed by atoms with van der Waals surface area (Å²) in [6, 6.07) is 13.1. The van der Waals surface area contributed by atoms with Crippen LogP contribution in [0.15, 0.2) is 59.5 Å². The van der Waals surface area contributed by atoms with Crippen LogP contribution >= 0.6 is 0 Å². The smallest absolute Gasteiger partial charge is 0.269 e. The van der Waals surface area contributed by atoms with Crippen molar-refractivity contribution in [1.29, 1.82) is 0 Å². The molecule has 1 aliphatic rings. The molecule has 0 saturated heterocycles. The lowest BCUT2D eigenvalue weighted by Gasteiger charge is -2.10. The molecule has 0 spiro atoms. The third-order valence-electron chi connectivity index (χ3n) is 4.68. The van der Waals surface area contributed by atoms with Crippen molar-refractivity contribution < 1.29 is 18.1 Å². The first kappa shape index (κ1) is 20.7. The van der Waals surface area contributed by atoms with Gasteiger partial charge in [0.05, 0.1) is 21.2 Å². The number of amides is 1. The quantitative estimate of drug-likeness (QED) is 0.427. The maximum atomic E-state index is 12.8. The highest BCUT2D eigenvalue weighted by atomic mass is 32.2. The van der Waals surface area contributed by atoms with Gasteiger partial charge in [0.25, 0.3) is 11.6 Å². The van der Waals surface area contributed by atoms with Crippen molar-refractivity contribution in [2.45, 2.75) is 30.7 Å². The van der Waals surface area contributed by atoms with E-state index in [4.69, 9.17) is 0 Å². The second-order valence-corrected chi connectivity index (χ2v) is 8.95. The van der Waals surface area contributed by atoms with Crippen LogP contribution in [-0.4, -0.2) is 35.1 Å². The number of sulfonamides is 1. The summed E-state index contributed by atoms with van der Waals surface area (Å²) in [5.74, 6) is -0.160. The van der Waals surface area contributed by atoms with Gasteiger partial charge in [-0.25, -0.2) is 17.8 Å². The first-order valence-electron chi connectivity index (χ1n) is 9.48. The van der Waals surface area contributed by atoms with E-state index in [0.717, 1.165) is 12.8 Å². The first-order chi connectivity index (χ1) is 14.7. The summed E-state index contributed by atoms with van der Waals surface area (Å²) in [6.07, 6.45) is 1.62. The van der Waals surface area contributed by atoms with Crippen LogP contribution in [0.2, 0.25) is 0 Å². The number of carbonyl (C=O) groups is 1. The zero-order valence-corrected chi connectivity index (χ0v) is 17.3. The highest BCUT2D eigenvalue weighted by Gasteiger charge is 2.28. The van der Waals surface area contributed by atoms with Crippen molar-refractivity contribution in [3.63, 3.8) is 0 Å². The molecule has 1 aromatic heterocycles. The molecule has 1 amide bonds. The van der Waals surface area contributed by atoms with Crippen LogP contribution in [0, 0.1) is 17.0 Å². The van der Waals surface area contributed by atoms with Gasteiger partial charge in [-0.3, -0.25) is 14.9 Å². The van der Waals surface area contributed by atoms with Gasteiger partial charge in [-0.1, -0.05) is 6.07 Å². The van der Waals surface area contributed by atoms with E-state index < -0.39 is 20.9 Å². The Morgan fingerprint density at radius 3 is 2.52 bits per heavy atom. The molecule has 2 N–H and O–H groups in total. The van der Waals surface area contributed by atoms with Gasteiger partial charge in [-0.15, -0.1) is 0 Å². The molecule has 3 aromatic rings. The predicted molar refractivity (Wildman–Crippen MR) is 113 cm³/mol. The number of anilines is 1. The SMILES string of the molecule is Cc1cc(NC(=O)c2cccc(S(=O)(=O)NC3CC3)c2)n(-c2ccc([N+](=O)[O-])cc2)n1. The van der Waals surface area contributed by atoms with E-state index in [2.05, 4.69) is 15.1 Å². The molecule has 0 bridgehead atoms. The zero-order chi connectivity index (χ0) is 22.2. The van der Waals surface area contributed by atoms with Crippen molar-refractivity contribution in [1.82, 2.24) is 14.5 Å². The Morgan fingerprint density at radius 2 is 1.87 bits per heavy atom. The molecular weight excluding hydrogens is 422 g/mol. The summed E-state index contributed by atoms with van der Waals surface area (Å²) in [4.78, 5) is 23.2. The van der Waals surface area contributed by atoms with Gasteiger partial charge in [0.2, 0.25) is 10.0 Å². The van der Waals surface area contributed by atoms with Gasteiger partial charge < -0.3 is 5.32 Å².